The lowest BCUT2D eigenvalue weighted by Crippen LogP contribution is -2.00. The van der Waals surface area contributed by atoms with Crippen LogP contribution in [-0.4, -0.2) is 27.5 Å². The molecule has 0 aliphatic rings. The monoisotopic (exact) mass is 339 g/mol. The van der Waals surface area contributed by atoms with Crippen molar-refractivity contribution in [3.8, 4) is 17.1 Å². The minimum absolute atomic E-state index is 0.628. The third-order valence-electron chi connectivity index (χ3n) is 3.70. The van der Waals surface area contributed by atoms with Gasteiger partial charge in [-0.1, -0.05) is 60.6 Å². The van der Waals surface area contributed by atoms with Crippen LogP contribution >= 0.6 is 11.8 Å². The molecule has 1 N–H and O–H groups in total. The maximum atomic E-state index is 5.71. The van der Waals surface area contributed by atoms with Crippen molar-refractivity contribution in [3.63, 3.8) is 0 Å². The molecule has 3 aromatic rings. The third-order valence-corrected chi connectivity index (χ3v) is 4.52. The van der Waals surface area contributed by atoms with Crippen molar-refractivity contribution in [2.24, 2.45) is 0 Å². The van der Waals surface area contributed by atoms with E-state index in [2.05, 4.69) is 53.3 Å². The van der Waals surface area contributed by atoms with E-state index in [0.29, 0.717) is 6.61 Å². The van der Waals surface area contributed by atoms with Gasteiger partial charge in [-0.05, 0) is 31.0 Å². The molecule has 0 bridgehead atoms. The van der Waals surface area contributed by atoms with Gasteiger partial charge in [0, 0.05) is 11.3 Å². The van der Waals surface area contributed by atoms with Gasteiger partial charge in [0.05, 0.1) is 6.61 Å². The van der Waals surface area contributed by atoms with Crippen LogP contribution in [0.1, 0.15) is 18.1 Å². The normalized spacial score (nSPS) is 10.8. The first-order chi connectivity index (χ1) is 11.7. The van der Waals surface area contributed by atoms with Crippen LogP contribution in [0.2, 0.25) is 0 Å². The molecule has 24 heavy (non-hydrogen) atoms. The number of aryl methyl sites for hydroxylation is 2. The first-order valence-corrected chi connectivity index (χ1v) is 9.07. The van der Waals surface area contributed by atoms with Crippen molar-refractivity contribution in [3.05, 3.63) is 59.7 Å². The smallest absolute Gasteiger partial charge is 0.208 e. The standard InChI is InChI=1S/C19H21N3OS/c1-3-15-6-8-16(9-7-15)18-20-19(22-21-18)24-13-12-23-17-10-4-14(2)5-11-17/h4-11H,3,12-13H2,1-2H3,(H,20,21,22). The number of thioether (sulfide) groups is 1. The first-order valence-electron chi connectivity index (χ1n) is 8.08. The number of nitrogens with zero attached hydrogens (tertiary/aromatic N) is 2. The lowest BCUT2D eigenvalue weighted by Gasteiger charge is -2.04. The van der Waals surface area contributed by atoms with Crippen molar-refractivity contribution in [1.29, 1.82) is 0 Å². The molecule has 1 heterocycles. The van der Waals surface area contributed by atoms with Crippen LogP contribution in [0.15, 0.2) is 53.7 Å². The molecule has 0 aliphatic heterocycles. The Labute approximate surface area is 146 Å². The Balaban J connectivity index is 1.49. The molecule has 0 saturated carbocycles. The fourth-order valence-electron chi connectivity index (χ4n) is 2.27. The molecule has 0 saturated heterocycles. The van der Waals surface area contributed by atoms with Gasteiger partial charge in [-0.2, -0.15) is 0 Å². The number of benzene rings is 2. The predicted octanol–water partition coefficient (Wildman–Crippen LogP) is 4.51. The van der Waals surface area contributed by atoms with Gasteiger partial charge in [0.25, 0.3) is 0 Å². The summed E-state index contributed by atoms with van der Waals surface area (Å²) in [4.78, 5) is 4.53. The summed E-state index contributed by atoms with van der Waals surface area (Å²) in [5.74, 6) is 2.51. The van der Waals surface area contributed by atoms with E-state index in [1.165, 1.54) is 11.1 Å². The van der Waals surface area contributed by atoms with Crippen LogP contribution in [0, 0.1) is 6.92 Å². The Morgan fingerprint density at radius 1 is 1.04 bits per heavy atom. The van der Waals surface area contributed by atoms with Gasteiger partial charge in [0.15, 0.2) is 5.82 Å². The Kier molecular flexibility index (Phi) is 5.54. The Morgan fingerprint density at radius 2 is 1.79 bits per heavy atom. The summed E-state index contributed by atoms with van der Waals surface area (Å²) in [6.07, 6.45) is 1.04. The SMILES string of the molecule is CCc1ccc(-c2nc(SCCOc3ccc(C)cc3)n[nH]2)cc1. The van der Waals surface area contributed by atoms with E-state index < -0.39 is 0 Å². The average Bonchev–Trinajstić information content (AvgIpc) is 3.09. The minimum atomic E-state index is 0.628. The van der Waals surface area contributed by atoms with E-state index in [0.717, 1.165) is 34.5 Å². The van der Waals surface area contributed by atoms with E-state index in [1.54, 1.807) is 11.8 Å². The van der Waals surface area contributed by atoms with Crippen molar-refractivity contribution < 1.29 is 4.74 Å². The summed E-state index contributed by atoms with van der Waals surface area (Å²) in [6, 6.07) is 16.5. The van der Waals surface area contributed by atoms with E-state index in [4.69, 9.17) is 4.74 Å². The summed E-state index contributed by atoms with van der Waals surface area (Å²) in [7, 11) is 0. The zero-order valence-electron chi connectivity index (χ0n) is 14.0. The topological polar surface area (TPSA) is 50.8 Å². The molecule has 2 aromatic carbocycles. The zero-order valence-corrected chi connectivity index (χ0v) is 14.8. The van der Waals surface area contributed by atoms with Gasteiger partial charge >= 0.3 is 0 Å². The number of H-pyrrole nitrogens is 1. The lowest BCUT2D eigenvalue weighted by atomic mass is 10.1. The quantitative estimate of drug-likeness (QED) is 0.508. The number of hydrogen-bond acceptors (Lipinski definition) is 4. The Bertz CT molecular complexity index is 766. The second kappa shape index (κ2) is 8.02. The zero-order chi connectivity index (χ0) is 16.8. The maximum Gasteiger partial charge on any atom is 0.208 e. The summed E-state index contributed by atoms with van der Waals surface area (Å²) >= 11 is 1.59. The van der Waals surface area contributed by atoms with E-state index in [9.17, 15) is 0 Å². The van der Waals surface area contributed by atoms with Gasteiger partial charge < -0.3 is 4.74 Å². The Morgan fingerprint density at radius 3 is 2.50 bits per heavy atom. The molecule has 0 fully saturated rings. The third kappa shape index (κ3) is 4.38. The molecule has 124 valence electrons. The highest BCUT2D eigenvalue weighted by Crippen LogP contribution is 2.20. The molecule has 0 atom stereocenters. The van der Waals surface area contributed by atoms with Crippen molar-refractivity contribution in [2.45, 2.75) is 25.4 Å². The summed E-state index contributed by atoms with van der Waals surface area (Å²) in [5.41, 5.74) is 3.61. The molecular weight excluding hydrogens is 318 g/mol. The molecule has 0 unspecified atom stereocenters. The van der Waals surface area contributed by atoms with Crippen LogP contribution in [0.4, 0.5) is 0 Å². The highest BCUT2D eigenvalue weighted by Gasteiger charge is 2.06. The number of nitrogens with one attached hydrogen (secondary N) is 1. The fraction of sp³-hybridized carbons (Fsp3) is 0.263. The van der Waals surface area contributed by atoms with Crippen LogP contribution in [0.5, 0.6) is 5.75 Å². The van der Waals surface area contributed by atoms with Gasteiger partial charge in [0.1, 0.15) is 5.75 Å². The van der Waals surface area contributed by atoms with Crippen LogP contribution < -0.4 is 4.74 Å². The average molecular weight is 339 g/mol. The van der Waals surface area contributed by atoms with Gasteiger partial charge in [-0.3, -0.25) is 5.10 Å². The van der Waals surface area contributed by atoms with Crippen LogP contribution in [0.3, 0.4) is 0 Å². The van der Waals surface area contributed by atoms with E-state index in [1.807, 2.05) is 24.3 Å². The Hall–Kier alpha value is -2.27. The predicted molar refractivity (Wildman–Crippen MR) is 98.6 cm³/mol. The summed E-state index contributed by atoms with van der Waals surface area (Å²) in [6.45, 7) is 4.84. The molecule has 3 rings (SSSR count). The van der Waals surface area contributed by atoms with Crippen molar-refractivity contribution >= 4 is 11.8 Å². The number of aromatic amines is 1. The molecule has 5 heteroatoms. The first kappa shape index (κ1) is 16.6. The molecule has 0 radical (unpaired) electrons. The number of rotatable bonds is 7. The van der Waals surface area contributed by atoms with Crippen LogP contribution in [0.25, 0.3) is 11.4 Å². The van der Waals surface area contributed by atoms with E-state index >= 15 is 0 Å². The minimum Gasteiger partial charge on any atom is -0.493 e. The molecule has 0 aliphatic carbocycles. The summed E-state index contributed by atoms with van der Waals surface area (Å²) in [5, 5.41) is 8.01. The second-order valence-corrected chi connectivity index (χ2v) is 6.59. The molecular formula is C19H21N3OS. The lowest BCUT2D eigenvalue weighted by molar-refractivity contribution is 0.344. The number of aromatic nitrogens is 3. The van der Waals surface area contributed by atoms with Gasteiger partial charge in [-0.15, -0.1) is 5.10 Å². The fourth-order valence-corrected chi connectivity index (χ4v) is 2.88. The number of hydrogen-bond donors (Lipinski definition) is 1. The van der Waals surface area contributed by atoms with E-state index in [-0.39, 0.29) is 0 Å². The molecule has 0 spiro atoms. The van der Waals surface area contributed by atoms with Crippen molar-refractivity contribution in [2.75, 3.05) is 12.4 Å². The van der Waals surface area contributed by atoms with Crippen LogP contribution in [-0.2, 0) is 6.42 Å². The number of ether oxygens (including phenoxy) is 1. The molecule has 4 nitrogen and oxygen atoms in total. The highest BCUT2D eigenvalue weighted by molar-refractivity contribution is 7.99. The highest BCUT2D eigenvalue weighted by atomic mass is 32.2. The summed E-state index contributed by atoms with van der Waals surface area (Å²) < 4.78 is 5.71. The molecule has 0 amide bonds. The van der Waals surface area contributed by atoms with Gasteiger partial charge in [-0.25, -0.2) is 4.98 Å². The van der Waals surface area contributed by atoms with Crippen molar-refractivity contribution in [1.82, 2.24) is 15.2 Å². The second-order valence-electron chi connectivity index (χ2n) is 5.53. The largest absolute Gasteiger partial charge is 0.493 e. The maximum absolute atomic E-state index is 5.71. The molecule has 1 aromatic heterocycles. The van der Waals surface area contributed by atoms with Gasteiger partial charge in [0.2, 0.25) is 5.16 Å².